The summed E-state index contributed by atoms with van der Waals surface area (Å²) in [4.78, 5) is 0. The molecular weight excluding hydrogens is 235 g/mol. The number of hydrogen-bond donors (Lipinski definition) is 0. The molecule has 12 heavy (non-hydrogen) atoms. The van der Waals surface area contributed by atoms with Crippen LogP contribution in [0.15, 0.2) is 22.9 Å². The Hall–Kier alpha value is -0.580. The topological polar surface area (TPSA) is 3.88 Å². The van der Waals surface area contributed by atoms with E-state index in [9.17, 15) is 13.2 Å². The minimum Gasteiger partial charge on any atom is -0.196 e. The lowest BCUT2D eigenvalue weighted by atomic mass is 10.3. The zero-order valence-electron chi connectivity index (χ0n) is 6.19. The zero-order valence-corrected chi connectivity index (χ0v) is 7.78. The normalized spacial score (nSPS) is 11.8. The van der Waals surface area contributed by atoms with Gasteiger partial charge in [0.25, 0.3) is 0 Å². The molecule has 0 aromatic carbocycles. The highest BCUT2D eigenvalue weighted by atomic mass is 79.9. The highest BCUT2D eigenvalue weighted by molar-refractivity contribution is 9.10. The smallest absolute Gasteiger partial charge is 0.196 e. The summed E-state index contributed by atoms with van der Waals surface area (Å²) in [6, 6.07) is 2.07. The van der Waals surface area contributed by atoms with Gasteiger partial charge >= 0.3 is 6.18 Å². The van der Waals surface area contributed by atoms with Gasteiger partial charge in [-0.1, -0.05) is 0 Å². The van der Waals surface area contributed by atoms with Crippen LogP contribution in [0.3, 0.4) is 0 Å². The molecule has 1 nitrogen and oxygen atoms in total. The van der Waals surface area contributed by atoms with Crippen molar-refractivity contribution in [2.75, 3.05) is 0 Å². The van der Waals surface area contributed by atoms with Crippen molar-refractivity contribution in [2.24, 2.45) is 7.05 Å². The lowest BCUT2D eigenvalue weighted by molar-refractivity contribution is -0.682. The average molecular weight is 241 g/mol. The number of hydrogen-bond acceptors (Lipinski definition) is 0. The van der Waals surface area contributed by atoms with E-state index in [1.54, 1.807) is 11.6 Å². The maximum atomic E-state index is 12.1. The Bertz CT molecular complexity index is 295. The summed E-state index contributed by atoms with van der Waals surface area (Å²) in [5.74, 6) is 0. The average Bonchev–Trinajstić information content (AvgIpc) is 1.92. The second-order valence-electron chi connectivity index (χ2n) is 2.35. The van der Waals surface area contributed by atoms with Gasteiger partial charge in [-0.25, -0.2) is 0 Å². The molecular formula is C7H6BrF3N+. The SMILES string of the molecule is C[n+]1ccc(C(F)(F)F)cc1Br. The predicted molar refractivity (Wildman–Crippen MR) is 40.3 cm³/mol. The molecule has 0 aliphatic rings. The number of pyridine rings is 1. The third kappa shape index (κ3) is 1.97. The molecule has 0 saturated heterocycles. The van der Waals surface area contributed by atoms with Gasteiger partial charge in [0.1, 0.15) is 7.05 Å². The van der Waals surface area contributed by atoms with Crippen LogP contribution >= 0.6 is 15.9 Å². The van der Waals surface area contributed by atoms with E-state index in [0.717, 1.165) is 12.1 Å². The van der Waals surface area contributed by atoms with E-state index in [1.807, 2.05) is 0 Å². The van der Waals surface area contributed by atoms with Crippen LogP contribution in [0.2, 0.25) is 0 Å². The molecule has 0 N–H and O–H groups in total. The highest BCUT2D eigenvalue weighted by Crippen LogP contribution is 2.29. The van der Waals surface area contributed by atoms with Gasteiger partial charge in [-0.3, -0.25) is 0 Å². The van der Waals surface area contributed by atoms with Crippen molar-refractivity contribution in [1.82, 2.24) is 0 Å². The molecule has 0 spiro atoms. The molecule has 0 radical (unpaired) electrons. The van der Waals surface area contributed by atoms with Crippen LogP contribution in [-0.2, 0) is 13.2 Å². The van der Waals surface area contributed by atoms with Crippen molar-refractivity contribution in [3.63, 3.8) is 0 Å². The van der Waals surface area contributed by atoms with E-state index < -0.39 is 11.7 Å². The molecule has 1 heterocycles. The first-order valence-electron chi connectivity index (χ1n) is 3.13. The molecule has 66 valence electrons. The van der Waals surface area contributed by atoms with Gasteiger partial charge in [-0.05, 0) is 0 Å². The lowest BCUT2D eigenvalue weighted by Gasteiger charge is -2.04. The van der Waals surface area contributed by atoms with Gasteiger partial charge < -0.3 is 0 Å². The second-order valence-corrected chi connectivity index (χ2v) is 3.16. The summed E-state index contributed by atoms with van der Waals surface area (Å²) < 4.78 is 38.2. The first-order valence-corrected chi connectivity index (χ1v) is 3.93. The monoisotopic (exact) mass is 240 g/mol. The molecule has 0 amide bonds. The van der Waals surface area contributed by atoms with Crippen LogP contribution in [0, 0.1) is 0 Å². The summed E-state index contributed by atoms with van der Waals surface area (Å²) in [6.07, 6.45) is -2.91. The van der Waals surface area contributed by atoms with Crippen molar-refractivity contribution in [3.05, 3.63) is 28.5 Å². The molecule has 0 saturated carbocycles. The minimum atomic E-state index is -4.27. The lowest BCUT2D eigenvalue weighted by Crippen LogP contribution is -2.29. The van der Waals surface area contributed by atoms with E-state index in [0.29, 0.717) is 4.60 Å². The number of aryl methyl sites for hydroxylation is 1. The van der Waals surface area contributed by atoms with E-state index in [4.69, 9.17) is 0 Å². The third-order valence-electron chi connectivity index (χ3n) is 1.42. The predicted octanol–water partition coefficient (Wildman–Crippen LogP) is 2.29. The van der Waals surface area contributed by atoms with Gasteiger partial charge in [-0.15, -0.1) is 0 Å². The van der Waals surface area contributed by atoms with Crippen molar-refractivity contribution in [3.8, 4) is 0 Å². The first kappa shape index (κ1) is 9.51. The Labute approximate surface area is 76.0 Å². The number of nitrogens with zero attached hydrogens (tertiary/aromatic N) is 1. The summed E-state index contributed by atoms with van der Waals surface area (Å²) in [5.41, 5.74) is -0.646. The van der Waals surface area contributed by atoms with Gasteiger partial charge in [-0.2, -0.15) is 17.7 Å². The fourth-order valence-corrected chi connectivity index (χ4v) is 1.08. The number of halogens is 4. The maximum Gasteiger partial charge on any atom is 0.416 e. The number of rotatable bonds is 0. The first-order chi connectivity index (χ1) is 5.41. The summed E-state index contributed by atoms with van der Waals surface area (Å²) in [7, 11) is 1.66. The second kappa shape index (κ2) is 3.05. The summed E-state index contributed by atoms with van der Waals surface area (Å²) in [5, 5.41) is 0. The molecule has 0 aliphatic heterocycles. The Morgan fingerprint density at radius 3 is 2.42 bits per heavy atom. The Balaban J connectivity index is 3.14. The van der Waals surface area contributed by atoms with E-state index in [2.05, 4.69) is 15.9 Å². The van der Waals surface area contributed by atoms with Crippen molar-refractivity contribution in [1.29, 1.82) is 0 Å². The Morgan fingerprint density at radius 1 is 1.42 bits per heavy atom. The van der Waals surface area contributed by atoms with Gasteiger partial charge in [0.2, 0.25) is 4.60 Å². The van der Waals surface area contributed by atoms with E-state index in [-0.39, 0.29) is 0 Å². The molecule has 0 fully saturated rings. The minimum absolute atomic E-state index is 0.400. The molecule has 0 atom stereocenters. The summed E-state index contributed by atoms with van der Waals surface area (Å²) in [6.45, 7) is 0. The fourth-order valence-electron chi connectivity index (χ4n) is 0.718. The molecule has 1 rings (SSSR count). The third-order valence-corrected chi connectivity index (χ3v) is 2.20. The molecule has 1 aromatic heterocycles. The van der Waals surface area contributed by atoms with Crippen LogP contribution in [0.4, 0.5) is 13.2 Å². The van der Waals surface area contributed by atoms with E-state index >= 15 is 0 Å². The largest absolute Gasteiger partial charge is 0.416 e. The van der Waals surface area contributed by atoms with Crippen LogP contribution in [0.25, 0.3) is 0 Å². The molecule has 1 aromatic rings. The fraction of sp³-hybridized carbons (Fsp3) is 0.286. The molecule has 0 aliphatic carbocycles. The molecule has 5 heteroatoms. The zero-order chi connectivity index (χ0) is 9.35. The van der Waals surface area contributed by atoms with Crippen molar-refractivity contribution in [2.45, 2.75) is 6.18 Å². The van der Waals surface area contributed by atoms with Crippen molar-refractivity contribution < 1.29 is 17.7 Å². The van der Waals surface area contributed by atoms with Gasteiger partial charge in [0, 0.05) is 28.1 Å². The van der Waals surface area contributed by atoms with Gasteiger partial charge in [0.05, 0.1) is 5.56 Å². The van der Waals surface area contributed by atoms with Crippen LogP contribution in [0.5, 0.6) is 0 Å². The van der Waals surface area contributed by atoms with Crippen LogP contribution in [0.1, 0.15) is 5.56 Å². The maximum absolute atomic E-state index is 12.1. The Morgan fingerprint density at radius 2 is 2.00 bits per heavy atom. The highest BCUT2D eigenvalue weighted by Gasteiger charge is 2.31. The quantitative estimate of drug-likeness (QED) is 0.484. The number of alkyl halides is 3. The van der Waals surface area contributed by atoms with Crippen molar-refractivity contribution >= 4 is 15.9 Å². The number of aromatic nitrogens is 1. The standard InChI is InChI=1S/C7H6BrF3N/c1-12-3-2-5(4-6(12)8)7(9,10)11/h2-4H,1H3/q+1. The summed E-state index contributed by atoms with van der Waals surface area (Å²) >= 11 is 3.00. The molecule has 0 unspecified atom stereocenters. The van der Waals surface area contributed by atoms with Crippen LogP contribution in [-0.4, -0.2) is 0 Å². The van der Waals surface area contributed by atoms with E-state index in [1.165, 1.54) is 6.20 Å². The van der Waals surface area contributed by atoms with Gasteiger partial charge in [0.15, 0.2) is 6.20 Å². The van der Waals surface area contributed by atoms with Crippen LogP contribution < -0.4 is 4.57 Å². The Kier molecular flexibility index (Phi) is 2.41. The molecule has 0 bridgehead atoms.